The van der Waals surface area contributed by atoms with Gasteiger partial charge in [0.15, 0.2) is 0 Å². The molecule has 1 aromatic rings. The lowest BCUT2D eigenvalue weighted by Gasteiger charge is -2.02. The molecule has 0 amide bonds. The maximum atomic E-state index is 11.2. The van der Waals surface area contributed by atoms with Crippen molar-refractivity contribution >= 4 is 12.1 Å². The van der Waals surface area contributed by atoms with Crippen molar-refractivity contribution in [3.05, 3.63) is 5.82 Å². The topological polar surface area (TPSA) is 96.2 Å². The number of carbonyl (C=O) groups is 2. The average Bonchev–Trinajstić information content (AvgIpc) is 2.66. The number of carbonyl (C=O) groups excluding carboxylic acids is 2. The molecular weight excluding hydrogens is 204 g/mol. The second kappa shape index (κ2) is 5.03. The minimum atomic E-state index is -0.814. The third-order valence-electron chi connectivity index (χ3n) is 1.37. The maximum Gasteiger partial charge on any atom is 0.438 e. The zero-order valence-electron chi connectivity index (χ0n) is 8.34. The van der Waals surface area contributed by atoms with Crippen LogP contribution in [0.1, 0.15) is 24.5 Å². The zero-order valence-corrected chi connectivity index (χ0v) is 8.34. The van der Waals surface area contributed by atoms with Gasteiger partial charge < -0.3 is 9.47 Å². The summed E-state index contributed by atoms with van der Waals surface area (Å²) in [5.74, 6) is -1.06. The van der Waals surface area contributed by atoms with E-state index in [0.717, 1.165) is 0 Å². The van der Waals surface area contributed by atoms with Crippen LogP contribution in [0.15, 0.2) is 0 Å². The van der Waals surface area contributed by atoms with Gasteiger partial charge in [0.2, 0.25) is 0 Å². The van der Waals surface area contributed by atoms with Crippen LogP contribution in [0.3, 0.4) is 0 Å². The number of hydrogen-bond acceptors (Lipinski definition) is 7. The van der Waals surface area contributed by atoms with Gasteiger partial charge in [-0.25, -0.2) is 9.59 Å². The Balaban J connectivity index is 2.86. The lowest BCUT2D eigenvalue weighted by atomic mass is 10.6. The van der Waals surface area contributed by atoms with Crippen molar-refractivity contribution in [1.82, 2.24) is 20.2 Å². The normalized spacial score (nSPS) is 9.73. The molecule has 0 saturated heterocycles. The molecule has 0 aromatic carbocycles. The number of rotatable bonds is 3. The monoisotopic (exact) mass is 214 g/mol. The molecular formula is C7H10N4O4. The molecule has 0 aliphatic heterocycles. The van der Waals surface area contributed by atoms with Gasteiger partial charge in [0, 0.05) is 0 Å². The summed E-state index contributed by atoms with van der Waals surface area (Å²) < 4.78 is 9.93. The van der Waals surface area contributed by atoms with Crippen LogP contribution < -0.4 is 0 Å². The van der Waals surface area contributed by atoms with Gasteiger partial charge in [-0.15, -0.1) is 9.78 Å². The highest BCUT2D eigenvalue weighted by molar-refractivity contribution is 5.89. The standard InChI is InChI=1S/C7H10N4O4/c1-3-14-6(12)5-8-9-10-11(5)7(13)15-4-2/h3-4H2,1-2H3. The van der Waals surface area contributed by atoms with E-state index in [2.05, 4.69) is 25.0 Å². The lowest BCUT2D eigenvalue weighted by molar-refractivity contribution is 0.0501. The Morgan fingerprint density at radius 3 is 2.53 bits per heavy atom. The third kappa shape index (κ3) is 2.48. The largest absolute Gasteiger partial charge is 0.460 e. The second-order valence-electron chi connectivity index (χ2n) is 2.33. The van der Waals surface area contributed by atoms with E-state index in [1.807, 2.05) is 0 Å². The fraction of sp³-hybridized carbons (Fsp3) is 0.571. The molecule has 0 aliphatic carbocycles. The molecule has 0 saturated carbocycles. The van der Waals surface area contributed by atoms with E-state index in [4.69, 9.17) is 0 Å². The Morgan fingerprint density at radius 1 is 1.27 bits per heavy atom. The fourth-order valence-electron chi connectivity index (χ4n) is 0.818. The van der Waals surface area contributed by atoms with Crippen molar-refractivity contribution in [2.45, 2.75) is 13.8 Å². The zero-order chi connectivity index (χ0) is 11.3. The Labute approximate surface area is 85.2 Å². The molecule has 8 nitrogen and oxygen atoms in total. The van der Waals surface area contributed by atoms with Crippen LogP contribution in [-0.4, -0.2) is 45.5 Å². The molecule has 1 rings (SSSR count). The Morgan fingerprint density at radius 2 is 1.93 bits per heavy atom. The summed E-state index contributed by atoms with van der Waals surface area (Å²) in [6, 6.07) is 0. The Kier molecular flexibility index (Phi) is 3.72. The van der Waals surface area contributed by atoms with Crippen molar-refractivity contribution in [3.8, 4) is 0 Å². The molecule has 0 fully saturated rings. The molecule has 0 atom stereocenters. The van der Waals surface area contributed by atoms with E-state index < -0.39 is 12.1 Å². The van der Waals surface area contributed by atoms with E-state index in [9.17, 15) is 9.59 Å². The maximum absolute atomic E-state index is 11.2. The highest BCUT2D eigenvalue weighted by Crippen LogP contribution is 1.97. The average molecular weight is 214 g/mol. The molecule has 0 radical (unpaired) electrons. The Hall–Kier alpha value is -1.99. The first-order valence-corrected chi connectivity index (χ1v) is 4.33. The highest BCUT2D eigenvalue weighted by atomic mass is 16.6. The summed E-state index contributed by atoms with van der Waals surface area (Å²) in [5, 5.41) is 9.87. The summed E-state index contributed by atoms with van der Waals surface area (Å²) in [7, 11) is 0. The summed E-state index contributed by atoms with van der Waals surface area (Å²) in [6.07, 6.45) is -0.814. The fourth-order valence-corrected chi connectivity index (χ4v) is 0.818. The summed E-state index contributed by atoms with van der Waals surface area (Å²) >= 11 is 0. The van der Waals surface area contributed by atoms with Crippen molar-refractivity contribution in [3.63, 3.8) is 0 Å². The minimum absolute atomic E-state index is 0.168. The van der Waals surface area contributed by atoms with E-state index in [1.165, 1.54) is 0 Å². The quantitative estimate of drug-likeness (QED) is 0.510. The van der Waals surface area contributed by atoms with Gasteiger partial charge in [0.25, 0.3) is 5.82 Å². The van der Waals surface area contributed by atoms with Crippen LogP contribution >= 0.6 is 0 Å². The van der Waals surface area contributed by atoms with Crippen LogP contribution in [-0.2, 0) is 9.47 Å². The first-order valence-electron chi connectivity index (χ1n) is 4.33. The van der Waals surface area contributed by atoms with E-state index >= 15 is 0 Å². The van der Waals surface area contributed by atoms with Gasteiger partial charge in [-0.05, 0) is 24.3 Å². The van der Waals surface area contributed by atoms with Crippen LogP contribution in [0.4, 0.5) is 4.79 Å². The third-order valence-corrected chi connectivity index (χ3v) is 1.37. The molecule has 1 aromatic heterocycles. The number of hydrogen-bond donors (Lipinski definition) is 0. The van der Waals surface area contributed by atoms with Gasteiger partial charge in [0.05, 0.1) is 13.2 Å². The van der Waals surface area contributed by atoms with E-state index in [0.29, 0.717) is 4.68 Å². The highest BCUT2D eigenvalue weighted by Gasteiger charge is 2.22. The number of tetrazole rings is 1. The molecule has 0 bridgehead atoms. The van der Waals surface area contributed by atoms with E-state index in [1.54, 1.807) is 13.8 Å². The molecule has 8 heteroatoms. The molecule has 0 N–H and O–H groups in total. The van der Waals surface area contributed by atoms with Crippen molar-refractivity contribution in [2.75, 3.05) is 13.2 Å². The van der Waals surface area contributed by atoms with E-state index in [-0.39, 0.29) is 19.0 Å². The molecule has 0 unspecified atom stereocenters. The predicted octanol–water partition coefficient (Wildman–Crippen LogP) is -0.146. The Bertz CT molecular complexity index is 329. The van der Waals surface area contributed by atoms with Gasteiger partial charge >= 0.3 is 12.1 Å². The summed E-state index contributed by atoms with van der Waals surface area (Å²) in [6.45, 7) is 3.61. The molecule has 15 heavy (non-hydrogen) atoms. The summed E-state index contributed by atoms with van der Waals surface area (Å²) in [4.78, 5) is 22.5. The van der Waals surface area contributed by atoms with Crippen LogP contribution in [0, 0.1) is 0 Å². The number of nitrogens with zero attached hydrogens (tertiary/aromatic N) is 4. The SMILES string of the molecule is CCOC(=O)c1nnnn1C(=O)OCC. The smallest absolute Gasteiger partial charge is 0.438 e. The molecule has 82 valence electrons. The van der Waals surface area contributed by atoms with Gasteiger partial charge in [-0.2, -0.15) is 0 Å². The van der Waals surface area contributed by atoms with Crippen LogP contribution in [0.2, 0.25) is 0 Å². The summed E-state index contributed by atoms with van der Waals surface area (Å²) in [5.41, 5.74) is 0. The second-order valence-corrected chi connectivity index (χ2v) is 2.33. The number of esters is 1. The van der Waals surface area contributed by atoms with Crippen LogP contribution in [0.5, 0.6) is 0 Å². The van der Waals surface area contributed by atoms with Gasteiger partial charge in [0.1, 0.15) is 0 Å². The predicted molar refractivity (Wildman–Crippen MR) is 46.2 cm³/mol. The first kappa shape index (κ1) is 11.1. The lowest BCUT2D eigenvalue weighted by Crippen LogP contribution is -2.22. The van der Waals surface area contributed by atoms with Crippen molar-refractivity contribution in [2.24, 2.45) is 0 Å². The van der Waals surface area contributed by atoms with Crippen LogP contribution in [0.25, 0.3) is 0 Å². The minimum Gasteiger partial charge on any atom is -0.460 e. The molecule has 1 heterocycles. The molecule has 0 spiro atoms. The van der Waals surface area contributed by atoms with Gasteiger partial charge in [-0.1, -0.05) is 0 Å². The number of ether oxygens (including phenoxy) is 2. The molecule has 0 aliphatic rings. The number of aromatic nitrogens is 4. The van der Waals surface area contributed by atoms with Crippen molar-refractivity contribution < 1.29 is 19.1 Å². The van der Waals surface area contributed by atoms with Crippen molar-refractivity contribution in [1.29, 1.82) is 0 Å². The first-order chi connectivity index (χ1) is 7.20. The van der Waals surface area contributed by atoms with Gasteiger partial charge in [-0.3, -0.25) is 0 Å².